The molecule has 0 spiro atoms. The first-order valence-electron chi connectivity index (χ1n) is 10.1. The van der Waals surface area contributed by atoms with Crippen molar-refractivity contribution in [2.75, 3.05) is 14.2 Å². The fourth-order valence-electron chi connectivity index (χ4n) is 3.38. The number of thioether (sulfide) groups is 1. The number of Topliss-reactive ketones (excluding diaryl/α,β-unsaturated/α-hetero) is 1. The number of benzene rings is 3. The van der Waals surface area contributed by atoms with E-state index in [1.54, 1.807) is 27.2 Å². The highest BCUT2D eigenvalue weighted by Gasteiger charge is 2.18. The van der Waals surface area contributed by atoms with Gasteiger partial charge in [-0.1, -0.05) is 42.1 Å². The van der Waals surface area contributed by atoms with Gasteiger partial charge < -0.3 is 9.47 Å². The van der Waals surface area contributed by atoms with E-state index in [9.17, 15) is 4.79 Å². The summed E-state index contributed by atoms with van der Waals surface area (Å²) in [7, 11) is 3.27. The third kappa shape index (κ3) is 4.53. The summed E-state index contributed by atoms with van der Waals surface area (Å²) < 4.78 is 12.9. The summed E-state index contributed by atoms with van der Waals surface area (Å²) in [5.41, 5.74) is 3.45. The minimum Gasteiger partial charge on any atom is -0.497 e. The van der Waals surface area contributed by atoms with E-state index in [4.69, 9.17) is 9.47 Å². The molecule has 0 amide bonds. The number of carbonyl (C=O) groups excluding carboxylic acids is 1. The van der Waals surface area contributed by atoms with Crippen LogP contribution in [0.15, 0.2) is 78.0 Å². The van der Waals surface area contributed by atoms with Gasteiger partial charge in [0.05, 0.1) is 14.2 Å². The molecule has 0 aliphatic rings. The number of hydrogen-bond acceptors (Lipinski definition) is 6. The van der Waals surface area contributed by atoms with E-state index in [0.29, 0.717) is 11.3 Å². The maximum atomic E-state index is 11.8. The number of hydrogen-bond donors (Lipinski definition) is 0. The van der Waals surface area contributed by atoms with E-state index in [-0.39, 0.29) is 5.78 Å². The molecule has 1 heterocycles. The lowest BCUT2D eigenvalue weighted by molar-refractivity contribution is 0.101. The number of nitrogens with zero attached hydrogens (tertiary/aromatic N) is 3. The molecule has 32 heavy (non-hydrogen) atoms. The number of carbonyl (C=O) groups is 1. The molecule has 0 bridgehead atoms. The Morgan fingerprint density at radius 2 is 1.75 bits per heavy atom. The molecule has 4 rings (SSSR count). The van der Waals surface area contributed by atoms with Crippen molar-refractivity contribution in [3.8, 4) is 28.6 Å². The molecular formula is C25H23N3O3S. The summed E-state index contributed by atoms with van der Waals surface area (Å²) in [4.78, 5) is 11.8. The summed E-state index contributed by atoms with van der Waals surface area (Å²) in [6.45, 7) is 1.56. The van der Waals surface area contributed by atoms with Crippen LogP contribution in [-0.2, 0) is 5.75 Å². The van der Waals surface area contributed by atoms with Gasteiger partial charge in [0.2, 0.25) is 0 Å². The smallest absolute Gasteiger partial charge is 0.196 e. The zero-order valence-electron chi connectivity index (χ0n) is 18.1. The van der Waals surface area contributed by atoms with Gasteiger partial charge in [0.25, 0.3) is 0 Å². The minimum absolute atomic E-state index is 0.0201. The summed E-state index contributed by atoms with van der Waals surface area (Å²) in [6, 6.07) is 23.2. The van der Waals surface area contributed by atoms with Crippen LogP contribution in [0.2, 0.25) is 0 Å². The molecule has 6 nitrogen and oxygen atoms in total. The average Bonchev–Trinajstić information content (AvgIpc) is 3.27. The van der Waals surface area contributed by atoms with E-state index < -0.39 is 0 Å². The predicted octanol–water partition coefficient (Wildman–Crippen LogP) is 5.45. The van der Waals surface area contributed by atoms with Gasteiger partial charge >= 0.3 is 0 Å². The maximum Gasteiger partial charge on any atom is 0.196 e. The van der Waals surface area contributed by atoms with E-state index in [1.165, 1.54) is 11.8 Å². The van der Waals surface area contributed by atoms with Gasteiger partial charge in [-0.05, 0) is 49.4 Å². The van der Waals surface area contributed by atoms with E-state index in [1.807, 2.05) is 71.3 Å². The highest BCUT2D eigenvalue weighted by Crippen LogP contribution is 2.33. The van der Waals surface area contributed by atoms with Crippen LogP contribution >= 0.6 is 11.8 Å². The van der Waals surface area contributed by atoms with Crippen molar-refractivity contribution in [2.45, 2.75) is 17.8 Å². The molecular weight excluding hydrogens is 422 g/mol. The first-order valence-corrected chi connectivity index (χ1v) is 11.0. The molecule has 0 N–H and O–H groups in total. The molecule has 1 aromatic heterocycles. The van der Waals surface area contributed by atoms with Crippen LogP contribution in [0.1, 0.15) is 22.8 Å². The molecule has 162 valence electrons. The van der Waals surface area contributed by atoms with Crippen molar-refractivity contribution in [2.24, 2.45) is 0 Å². The molecule has 0 saturated heterocycles. The summed E-state index contributed by atoms with van der Waals surface area (Å²) in [6.07, 6.45) is 0. The summed E-state index contributed by atoms with van der Waals surface area (Å²) in [5.74, 6) is 2.81. The highest BCUT2D eigenvalue weighted by atomic mass is 32.2. The van der Waals surface area contributed by atoms with Crippen LogP contribution in [0.4, 0.5) is 0 Å². The second-order valence-electron chi connectivity index (χ2n) is 7.08. The molecule has 0 unspecified atom stereocenters. The molecule has 0 atom stereocenters. The normalized spacial score (nSPS) is 10.7. The van der Waals surface area contributed by atoms with Crippen molar-refractivity contribution < 1.29 is 14.3 Å². The molecule has 0 aliphatic carbocycles. The fraction of sp³-hybridized carbons (Fsp3) is 0.160. The first-order chi connectivity index (χ1) is 15.6. The van der Waals surface area contributed by atoms with Crippen LogP contribution in [0.3, 0.4) is 0 Å². The van der Waals surface area contributed by atoms with Crippen LogP contribution in [-0.4, -0.2) is 34.8 Å². The molecule has 0 aliphatic heterocycles. The van der Waals surface area contributed by atoms with Gasteiger partial charge in [0, 0.05) is 28.1 Å². The predicted molar refractivity (Wildman–Crippen MR) is 126 cm³/mol. The quantitative estimate of drug-likeness (QED) is 0.266. The van der Waals surface area contributed by atoms with Gasteiger partial charge in [-0.3, -0.25) is 9.36 Å². The van der Waals surface area contributed by atoms with Gasteiger partial charge in [-0.2, -0.15) is 0 Å². The topological polar surface area (TPSA) is 66.2 Å². The Bertz CT molecular complexity index is 1240. The zero-order valence-corrected chi connectivity index (χ0v) is 18.9. The monoisotopic (exact) mass is 445 g/mol. The van der Waals surface area contributed by atoms with Crippen LogP contribution in [0, 0.1) is 0 Å². The van der Waals surface area contributed by atoms with Crippen molar-refractivity contribution in [3.05, 3.63) is 83.9 Å². The number of ketones is 1. The Kier molecular flexibility index (Phi) is 6.56. The van der Waals surface area contributed by atoms with Gasteiger partial charge in [0.1, 0.15) is 11.5 Å². The number of para-hydroxylation sites is 1. The Balaban J connectivity index is 1.73. The summed E-state index contributed by atoms with van der Waals surface area (Å²) >= 11 is 1.54. The van der Waals surface area contributed by atoms with Crippen molar-refractivity contribution in [1.29, 1.82) is 0 Å². The molecule has 0 saturated carbocycles. The van der Waals surface area contributed by atoms with Crippen molar-refractivity contribution >= 4 is 17.5 Å². The fourth-order valence-corrected chi connectivity index (χ4v) is 4.30. The largest absolute Gasteiger partial charge is 0.497 e. The first kappa shape index (κ1) is 21.6. The highest BCUT2D eigenvalue weighted by molar-refractivity contribution is 7.98. The van der Waals surface area contributed by atoms with E-state index in [2.05, 4.69) is 10.2 Å². The third-order valence-corrected chi connectivity index (χ3v) is 6.00. The molecule has 0 radical (unpaired) electrons. The molecule has 3 aromatic carbocycles. The van der Waals surface area contributed by atoms with Crippen LogP contribution in [0.25, 0.3) is 17.1 Å². The lowest BCUT2D eigenvalue weighted by Crippen LogP contribution is -2.01. The van der Waals surface area contributed by atoms with Crippen LogP contribution < -0.4 is 9.47 Å². The van der Waals surface area contributed by atoms with Gasteiger partial charge in [-0.15, -0.1) is 10.2 Å². The van der Waals surface area contributed by atoms with Crippen molar-refractivity contribution in [3.63, 3.8) is 0 Å². The standard InChI is InChI=1S/C25H23N3O3S/c1-17(29)18-12-13-23(31-3)20(14-18)16-32-25-27-26-24(19-8-7-11-22(15-19)30-2)28(25)21-9-5-4-6-10-21/h4-15H,16H2,1-3H3. The third-order valence-electron chi connectivity index (χ3n) is 5.02. The SMILES string of the molecule is COc1cccc(-c2nnc(SCc3cc(C(C)=O)ccc3OC)n2-c2ccccc2)c1. The second-order valence-corrected chi connectivity index (χ2v) is 8.02. The van der Waals surface area contributed by atoms with Gasteiger partial charge in [0.15, 0.2) is 16.8 Å². The Labute approximate surface area is 191 Å². The van der Waals surface area contributed by atoms with E-state index in [0.717, 1.165) is 39.3 Å². The second kappa shape index (κ2) is 9.70. The van der Waals surface area contributed by atoms with Crippen LogP contribution in [0.5, 0.6) is 11.5 Å². The number of aromatic nitrogens is 3. The maximum absolute atomic E-state index is 11.8. The Hall–Kier alpha value is -3.58. The average molecular weight is 446 g/mol. The van der Waals surface area contributed by atoms with Gasteiger partial charge in [-0.25, -0.2) is 0 Å². The molecule has 7 heteroatoms. The molecule has 0 fully saturated rings. The summed E-state index contributed by atoms with van der Waals surface area (Å²) in [5, 5.41) is 9.71. The minimum atomic E-state index is 0.0201. The zero-order chi connectivity index (χ0) is 22.5. The lowest BCUT2D eigenvalue weighted by atomic mass is 10.1. The Morgan fingerprint density at radius 1 is 0.938 bits per heavy atom. The number of ether oxygens (including phenoxy) is 2. The van der Waals surface area contributed by atoms with Crippen molar-refractivity contribution in [1.82, 2.24) is 14.8 Å². The number of methoxy groups -OCH3 is 2. The Morgan fingerprint density at radius 3 is 2.47 bits per heavy atom. The van der Waals surface area contributed by atoms with E-state index >= 15 is 0 Å². The lowest BCUT2D eigenvalue weighted by Gasteiger charge is -2.12. The molecule has 4 aromatic rings. The number of rotatable bonds is 8.